The van der Waals surface area contributed by atoms with Gasteiger partial charge in [0.2, 0.25) is 0 Å². The van der Waals surface area contributed by atoms with Gasteiger partial charge in [0.1, 0.15) is 5.75 Å². The van der Waals surface area contributed by atoms with Crippen molar-refractivity contribution in [2.45, 2.75) is 20.8 Å². The lowest BCUT2D eigenvalue weighted by Gasteiger charge is -2.10. The van der Waals surface area contributed by atoms with E-state index >= 15 is 0 Å². The molecule has 2 N–H and O–H groups in total. The van der Waals surface area contributed by atoms with Crippen molar-refractivity contribution in [2.24, 2.45) is 0 Å². The summed E-state index contributed by atoms with van der Waals surface area (Å²) in [5.41, 5.74) is 6.90. The molecule has 0 aromatic heterocycles. The number of hydrogen-bond donors (Lipinski definition) is 2. The Balaban J connectivity index is 1.88. The molecule has 0 atom stereocenters. The van der Waals surface area contributed by atoms with Crippen molar-refractivity contribution in [2.75, 3.05) is 6.61 Å². The highest BCUT2D eigenvalue weighted by atomic mass is 16.6. The fraction of sp³-hybridized carbons (Fsp3) is 0.222. The second-order valence-electron chi connectivity index (χ2n) is 5.80. The maximum atomic E-state index is 12.0. The molecule has 2 rings (SSSR count). The van der Waals surface area contributed by atoms with Crippen molar-refractivity contribution in [1.82, 2.24) is 10.9 Å². The van der Waals surface area contributed by atoms with Crippen LogP contribution in [0.4, 0.5) is 5.69 Å². The molecule has 0 spiro atoms. The standard InChI is InChI=1S/C18H19N3O5/c1-11-5-7-15(8-13(11)3)26-10-17(22)19-20-18(23)14-6-4-12(2)16(9-14)21(24)25/h4-9H,10H2,1-3H3,(H,19,22)(H,20,23). The Kier molecular flexibility index (Phi) is 5.90. The van der Waals surface area contributed by atoms with E-state index in [1.807, 2.05) is 26.0 Å². The molecule has 8 heteroatoms. The lowest BCUT2D eigenvalue weighted by molar-refractivity contribution is -0.385. The summed E-state index contributed by atoms with van der Waals surface area (Å²) >= 11 is 0. The number of rotatable bonds is 5. The van der Waals surface area contributed by atoms with E-state index in [4.69, 9.17) is 4.74 Å². The Morgan fingerprint density at radius 2 is 1.69 bits per heavy atom. The van der Waals surface area contributed by atoms with E-state index in [1.54, 1.807) is 13.0 Å². The predicted octanol–water partition coefficient (Wildman–Crippen LogP) is 2.36. The number of nitro groups is 1. The third kappa shape index (κ3) is 4.79. The minimum atomic E-state index is -0.660. The van der Waals surface area contributed by atoms with Gasteiger partial charge >= 0.3 is 0 Å². The van der Waals surface area contributed by atoms with E-state index in [1.165, 1.54) is 12.1 Å². The number of nitro benzene ring substituents is 1. The second kappa shape index (κ2) is 8.11. The molecule has 26 heavy (non-hydrogen) atoms. The van der Waals surface area contributed by atoms with E-state index in [0.717, 1.165) is 17.2 Å². The van der Waals surface area contributed by atoms with Gasteiger partial charge in [-0.05, 0) is 50.1 Å². The van der Waals surface area contributed by atoms with Crippen molar-refractivity contribution in [1.29, 1.82) is 0 Å². The third-order valence-electron chi connectivity index (χ3n) is 3.83. The van der Waals surface area contributed by atoms with Crippen LogP contribution in [0.25, 0.3) is 0 Å². The number of amides is 2. The summed E-state index contributed by atoms with van der Waals surface area (Å²) < 4.78 is 5.36. The molecule has 2 amide bonds. The minimum Gasteiger partial charge on any atom is -0.484 e. The topological polar surface area (TPSA) is 111 Å². The molecule has 0 heterocycles. The average Bonchev–Trinajstić information content (AvgIpc) is 2.60. The summed E-state index contributed by atoms with van der Waals surface area (Å²) in [4.78, 5) is 34.1. The highest BCUT2D eigenvalue weighted by Crippen LogP contribution is 2.19. The molecule has 136 valence electrons. The Morgan fingerprint density at radius 3 is 2.35 bits per heavy atom. The summed E-state index contributed by atoms with van der Waals surface area (Å²) in [7, 11) is 0. The zero-order valence-corrected chi connectivity index (χ0v) is 14.7. The van der Waals surface area contributed by atoms with Gasteiger partial charge < -0.3 is 4.74 Å². The molecule has 0 bridgehead atoms. The number of benzene rings is 2. The fourth-order valence-corrected chi connectivity index (χ4v) is 2.13. The maximum absolute atomic E-state index is 12.0. The summed E-state index contributed by atoms with van der Waals surface area (Å²) in [5.74, 6) is -0.672. The number of carbonyl (C=O) groups is 2. The van der Waals surface area contributed by atoms with Gasteiger partial charge in [-0.1, -0.05) is 12.1 Å². The largest absolute Gasteiger partial charge is 0.484 e. The maximum Gasteiger partial charge on any atom is 0.276 e. The molecule has 0 aliphatic heterocycles. The van der Waals surface area contributed by atoms with Crippen LogP contribution in [0.3, 0.4) is 0 Å². The average molecular weight is 357 g/mol. The quantitative estimate of drug-likeness (QED) is 0.630. The number of hydrogen-bond acceptors (Lipinski definition) is 5. The summed E-state index contributed by atoms with van der Waals surface area (Å²) in [6.45, 7) is 5.20. The van der Waals surface area contributed by atoms with Crippen LogP contribution in [-0.4, -0.2) is 23.3 Å². The van der Waals surface area contributed by atoms with Gasteiger partial charge in [0.15, 0.2) is 6.61 Å². The summed E-state index contributed by atoms with van der Waals surface area (Å²) in [6, 6.07) is 9.51. The van der Waals surface area contributed by atoms with Crippen LogP contribution >= 0.6 is 0 Å². The monoisotopic (exact) mass is 357 g/mol. The second-order valence-corrected chi connectivity index (χ2v) is 5.80. The Morgan fingerprint density at radius 1 is 1.00 bits per heavy atom. The van der Waals surface area contributed by atoms with Crippen molar-refractivity contribution in [3.05, 3.63) is 68.8 Å². The number of hydrazine groups is 1. The van der Waals surface area contributed by atoms with Gasteiger partial charge in [0.05, 0.1) is 4.92 Å². The molecule has 0 aliphatic rings. The number of aryl methyl sites for hydroxylation is 3. The van der Waals surface area contributed by atoms with Gasteiger partial charge in [0.25, 0.3) is 17.5 Å². The molecule has 8 nitrogen and oxygen atoms in total. The van der Waals surface area contributed by atoms with Crippen LogP contribution in [0.5, 0.6) is 5.75 Å². The van der Waals surface area contributed by atoms with Crippen molar-refractivity contribution in [3.63, 3.8) is 0 Å². The van der Waals surface area contributed by atoms with Crippen LogP contribution in [0.15, 0.2) is 36.4 Å². The first-order valence-corrected chi connectivity index (χ1v) is 7.82. The normalized spacial score (nSPS) is 10.1. The molecule has 0 radical (unpaired) electrons. The zero-order valence-electron chi connectivity index (χ0n) is 14.7. The zero-order chi connectivity index (χ0) is 19.3. The van der Waals surface area contributed by atoms with Crippen LogP contribution < -0.4 is 15.6 Å². The van der Waals surface area contributed by atoms with Gasteiger partial charge in [-0.3, -0.25) is 30.6 Å². The first-order valence-electron chi connectivity index (χ1n) is 7.82. The molecule has 0 saturated heterocycles. The lowest BCUT2D eigenvalue weighted by atomic mass is 10.1. The predicted molar refractivity (Wildman–Crippen MR) is 94.9 cm³/mol. The molecule has 2 aromatic rings. The first-order chi connectivity index (χ1) is 12.3. The van der Waals surface area contributed by atoms with Gasteiger partial charge in [-0.2, -0.15) is 0 Å². The molecule has 0 saturated carbocycles. The summed E-state index contributed by atoms with van der Waals surface area (Å²) in [6.07, 6.45) is 0. The highest BCUT2D eigenvalue weighted by molar-refractivity contribution is 5.96. The Labute approximate surface area is 150 Å². The van der Waals surface area contributed by atoms with Crippen LogP contribution in [0.1, 0.15) is 27.0 Å². The van der Waals surface area contributed by atoms with Crippen molar-refractivity contribution >= 4 is 17.5 Å². The van der Waals surface area contributed by atoms with Crippen molar-refractivity contribution in [3.8, 4) is 5.75 Å². The Hall–Kier alpha value is -3.42. The molecule has 0 aliphatic carbocycles. The van der Waals surface area contributed by atoms with Crippen LogP contribution in [0, 0.1) is 30.9 Å². The van der Waals surface area contributed by atoms with Crippen LogP contribution in [0.2, 0.25) is 0 Å². The molecule has 0 fully saturated rings. The number of ether oxygens (including phenoxy) is 1. The Bertz CT molecular complexity index is 864. The number of carbonyl (C=O) groups excluding carboxylic acids is 2. The molecular formula is C18H19N3O5. The van der Waals surface area contributed by atoms with Gasteiger partial charge in [0, 0.05) is 17.2 Å². The van der Waals surface area contributed by atoms with Crippen molar-refractivity contribution < 1.29 is 19.2 Å². The number of nitrogens with zero attached hydrogens (tertiary/aromatic N) is 1. The van der Waals surface area contributed by atoms with E-state index < -0.39 is 16.7 Å². The van der Waals surface area contributed by atoms with Gasteiger partial charge in [-0.15, -0.1) is 0 Å². The summed E-state index contributed by atoms with van der Waals surface area (Å²) in [5, 5.41) is 10.9. The number of nitrogens with one attached hydrogen (secondary N) is 2. The third-order valence-corrected chi connectivity index (χ3v) is 3.83. The van der Waals surface area contributed by atoms with E-state index in [-0.39, 0.29) is 17.9 Å². The van der Waals surface area contributed by atoms with E-state index in [2.05, 4.69) is 10.9 Å². The minimum absolute atomic E-state index is 0.0673. The first kappa shape index (κ1) is 18.9. The fourth-order valence-electron chi connectivity index (χ4n) is 2.13. The van der Waals surface area contributed by atoms with E-state index in [9.17, 15) is 19.7 Å². The highest BCUT2D eigenvalue weighted by Gasteiger charge is 2.15. The molecular weight excluding hydrogens is 338 g/mol. The smallest absolute Gasteiger partial charge is 0.276 e. The lowest BCUT2D eigenvalue weighted by Crippen LogP contribution is -2.43. The van der Waals surface area contributed by atoms with Gasteiger partial charge in [-0.25, -0.2) is 0 Å². The van der Waals surface area contributed by atoms with E-state index in [0.29, 0.717) is 11.3 Å². The molecule has 2 aromatic carbocycles. The molecule has 0 unspecified atom stereocenters. The SMILES string of the molecule is Cc1ccc(OCC(=O)NNC(=O)c2ccc(C)c([N+](=O)[O-])c2)cc1C. The van der Waals surface area contributed by atoms with Crippen LogP contribution in [-0.2, 0) is 4.79 Å².